The molecule has 2 aromatic rings. The lowest BCUT2D eigenvalue weighted by Gasteiger charge is -2.17. The number of nitrogen functional groups attached to an aromatic ring is 1. The molecule has 23 heavy (non-hydrogen) atoms. The van der Waals surface area contributed by atoms with Gasteiger partial charge in [0.05, 0.1) is 6.54 Å². The molecule has 0 saturated heterocycles. The molecule has 0 aliphatic heterocycles. The first-order chi connectivity index (χ1) is 11.0. The van der Waals surface area contributed by atoms with Gasteiger partial charge in [-0.1, -0.05) is 0 Å². The average Bonchev–Trinajstić information content (AvgIpc) is 3.01. The fourth-order valence-corrected chi connectivity index (χ4v) is 2.64. The topological polar surface area (TPSA) is 131 Å². The zero-order chi connectivity index (χ0) is 16.4. The van der Waals surface area contributed by atoms with E-state index in [2.05, 4.69) is 15.3 Å². The number of furan rings is 1. The molecule has 0 bridgehead atoms. The summed E-state index contributed by atoms with van der Waals surface area (Å²) in [6.07, 6.45) is 3.56. The van der Waals surface area contributed by atoms with Crippen LogP contribution in [0.1, 0.15) is 50.9 Å². The number of carbonyl (C=O) groups is 2. The number of hydrogen-bond acceptors (Lipinski definition) is 6. The largest absolute Gasteiger partial charge is 0.475 e. The first-order valence-corrected chi connectivity index (χ1v) is 7.30. The van der Waals surface area contributed by atoms with Gasteiger partial charge in [-0.2, -0.15) is 0 Å². The minimum absolute atomic E-state index is 0.0742. The van der Waals surface area contributed by atoms with Crippen LogP contribution in [0.2, 0.25) is 0 Å². The van der Waals surface area contributed by atoms with Crippen molar-refractivity contribution in [2.24, 2.45) is 0 Å². The van der Waals surface area contributed by atoms with Crippen molar-refractivity contribution in [3.05, 3.63) is 40.6 Å². The maximum atomic E-state index is 12.4. The van der Waals surface area contributed by atoms with Gasteiger partial charge in [-0.25, -0.2) is 14.8 Å². The lowest BCUT2D eigenvalue weighted by molar-refractivity contribution is 0.0660. The smallest absolute Gasteiger partial charge is 0.371 e. The lowest BCUT2D eigenvalue weighted by atomic mass is 9.94. The van der Waals surface area contributed by atoms with Gasteiger partial charge in [0.2, 0.25) is 11.7 Å². The summed E-state index contributed by atoms with van der Waals surface area (Å²) < 4.78 is 5.10. The van der Waals surface area contributed by atoms with Crippen LogP contribution in [-0.2, 0) is 19.4 Å². The molecular weight excluding hydrogens is 300 g/mol. The molecule has 3 rings (SSSR count). The summed E-state index contributed by atoms with van der Waals surface area (Å²) in [5.74, 6) is -1.25. The molecule has 0 saturated carbocycles. The number of rotatable bonds is 4. The minimum Gasteiger partial charge on any atom is -0.475 e. The van der Waals surface area contributed by atoms with Crippen molar-refractivity contribution < 1.29 is 19.1 Å². The van der Waals surface area contributed by atoms with E-state index in [1.807, 2.05) is 0 Å². The number of carboxylic acid groups (broad SMARTS) is 1. The van der Waals surface area contributed by atoms with E-state index in [-0.39, 0.29) is 29.9 Å². The zero-order valence-electron chi connectivity index (χ0n) is 12.3. The van der Waals surface area contributed by atoms with E-state index in [4.69, 9.17) is 15.3 Å². The molecule has 4 N–H and O–H groups in total. The zero-order valence-corrected chi connectivity index (χ0v) is 12.3. The molecule has 0 atom stereocenters. The Morgan fingerprint density at radius 1 is 1.26 bits per heavy atom. The Morgan fingerprint density at radius 2 is 2.04 bits per heavy atom. The Bertz CT molecular complexity index is 769. The molecule has 120 valence electrons. The first-order valence-electron chi connectivity index (χ1n) is 7.30. The van der Waals surface area contributed by atoms with Crippen molar-refractivity contribution in [1.29, 1.82) is 0 Å². The van der Waals surface area contributed by atoms with E-state index in [0.717, 1.165) is 36.9 Å². The molecule has 1 aliphatic carbocycles. The quantitative estimate of drug-likeness (QED) is 0.771. The highest BCUT2D eigenvalue weighted by Gasteiger charge is 2.21. The van der Waals surface area contributed by atoms with Crippen LogP contribution in [0.25, 0.3) is 0 Å². The van der Waals surface area contributed by atoms with Crippen molar-refractivity contribution in [2.45, 2.75) is 32.2 Å². The molecule has 1 aliphatic rings. The van der Waals surface area contributed by atoms with Crippen LogP contribution in [-0.4, -0.2) is 27.0 Å². The average molecular weight is 316 g/mol. The number of anilines is 1. The lowest BCUT2D eigenvalue weighted by Crippen LogP contribution is -2.27. The molecular formula is C15H16N4O4. The van der Waals surface area contributed by atoms with Crippen molar-refractivity contribution in [3.63, 3.8) is 0 Å². The van der Waals surface area contributed by atoms with Gasteiger partial charge in [0, 0.05) is 11.3 Å². The molecule has 8 nitrogen and oxygen atoms in total. The van der Waals surface area contributed by atoms with Crippen LogP contribution in [0.3, 0.4) is 0 Å². The number of carboxylic acids is 1. The normalized spacial score (nSPS) is 13.4. The van der Waals surface area contributed by atoms with Gasteiger partial charge < -0.3 is 20.6 Å². The summed E-state index contributed by atoms with van der Waals surface area (Å²) in [4.78, 5) is 31.4. The number of nitrogens with two attached hydrogens (primary N) is 1. The molecule has 0 spiro atoms. The second-order valence-corrected chi connectivity index (χ2v) is 5.32. The molecule has 2 aromatic heterocycles. The second-order valence-electron chi connectivity index (χ2n) is 5.32. The van der Waals surface area contributed by atoms with Gasteiger partial charge in [0.25, 0.3) is 5.91 Å². The molecule has 0 unspecified atom stereocenters. The molecule has 2 heterocycles. The van der Waals surface area contributed by atoms with E-state index in [0.29, 0.717) is 5.76 Å². The van der Waals surface area contributed by atoms with Crippen LogP contribution >= 0.6 is 0 Å². The minimum atomic E-state index is -1.15. The predicted molar refractivity (Wildman–Crippen MR) is 79.9 cm³/mol. The van der Waals surface area contributed by atoms with Crippen molar-refractivity contribution in [2.75, 3.05) is 5.73 Å². The molecule has 0 aromatic carbocycles. The summed E-state index contributed by atoms with van der Waals surface area (Å²) in [7, 11) is 0. The highest BCUT2D eigenvalue weighted by Crippen LogP contribution is 2.22. The fourth-order valence-electron chi connectivity index (χ4n) is 2.64. The number of aromatic nitrogens is 2. The SMILES string of the molecule is Nc1nc2c(c(C(=O)NCc3ccc(C(=O)O)o3)n1)CCCC2. The Balaban J connectivity index is 1.75. The Hall–Kier alpha value is -2.90. The summed E-state index contributed by atoms with van der Waals surface area (Å²) in [6, 6.07) is 2.85. The maximum Gasteiger partial charge on any atom is 0.371 e. The van der Waals surface area contributed by atoms with Crippen molar-refractivity contribution in [3.8, 4) is 0 Å². The molecule has 0 radical (unpaired) electrons. The van der Waals surface area contributed by atoms with E-state index < -0.39 is 5.97 Å². The van der Waals surface area contributed by atoms with E-state index >= 15 is 0 Å². The predicted octanol–water partition coefficient (Wildman–Crippen LogP) is 1.16. The van der Waals surface area contributed by atoms with Crippen molar-refractivity contribution in [1.82, 2.24) is 15.3 Å². The highest BCUT2D eigenvalue weighted by atomic mass is 16.4. The number of aryl methyl sites for hydroxylation is 1. The summed E-state index contributed by atoms with van der Waals surface area (Å²) in [5, 5.41) is 11.5. The van der Waals surface area contributed by atoms with E-state index in [1.165, 1.54) is 12.1 Å². The molecule has 0 fully saturated rings. The number of nitrogens with zero attached hydrogens (tertiary/aromatic N) is 2. The van der Waals surface area contributed by atoms with Gasteiger partial charge in [-0.15, -0.1) is 0 Å². The van der Waals surface area contributed by atoms with Crippen LogP contribution in [0, 0.1) is 0 Å². The summed E-state index contributed by atoms with van der Waals surface area (Å²) in [5.41, 5.74) is 7.64. The first kappa shape index (κ1) is 15.0. The molecule has 1 amide bonds. The number of hydrogen-bond donors (Lipinski definition) is 3. The molecule has 8 heteroatoms. The fraction of sp³-hybridized carbons (Fsp3) is 0.333. The third-order valence-electron chi connectivity index (χ3n) is 3.71. The Labute approximate surface area is 131 Å². The number of carbonyl (C=O) groups excluding carboxylic acids is 1. The van der Waals surface area contributed by atoms with Gasteiger partial charge in [-0.05, 0) is 37.8 Å². The van der Waals surface area contributed by atoms with E-state index in [9.17, 15) is 9.59 Å². The number of nitrogens with one attached hydrogen (secondary N) is 1. The van der Waals surface area contributed by atoms with Gasteiger partial charge in [0.15, 0.2) is 0 Å². The monoisotopic (exact) mass is 316 g/mol. The van der Waals surface area contributed by atoms with Crippen molar-refractivity contribution >= 4 is 17.8 Å². The van der Waals surface area contributed by atoms with Gasteiger partial charge in [0.1, 0.15) is 11.5 Å². The Morgan fingerprint density at radius 3 is 2.78 bits per heavy atom. The number of amides is 1. The standard InChI is InChI=1S/C15H16N4O4/c16-15-18-10-4-2-1-3-9(10)12(19-15)13(20)17-7-8-5-6-11(23-8)14(21)22/h5-6H,1-4,7H2,(H,17,20)(H,21,22)(H2,16,18,19). The number of fused-ring (bicyclic) bond motifs is 1. The maximum absolute atomic E-state index is 12.4. The Kier molecular flexibility index (Phi) is 3.96. The second kappa shape index (κ2) is 6.07. The third kappa shape index (κ3) is 3.15. The van der Waals surface area contributed by atoms with Crippen LogP contribution in [0.5, 0.6) is 0 Å². The number of aromatic carboxylic acids is 1. The van der Waals surface area contributed by atoms with E-state index in [1.54, 1.807) is 0 Å². The highest BCUT2D eigenvalue weighted by molar-refractivity contribution is 5.94. The van der Waals surface area contributed by atoms with Crippen LogP contribution in [0.15, 0.2) is 16.5 Å². The summed E-state index contributed by atoms with van der Waals surface area (Å²) in [6.45, 7) is 0.0742. The van der Waals surface area contributed by atoms with Crippen LogP contribution < -0.4 is 11.1 Å². The third-order valence-corrected chi connectivity index (χ3v) is 3.71. The summed E-state index contributed by atoms with van der Waals surface area (Å²) >= 11 is 0. The van der Waals surface area contributed by atoms with Crippen LogP contribution in [0.4, 0.5) is 5.95 Å². The van der Waals surface area contributed by atoms with Gasteiger partial charge >= 0.3 is 5.97 Å². The van der Waals surface area contributed by atoms with Gasteiger partial charge in [-0.3, -0.25) is 4.79 Å².